The predicted octanol–water partition coefficient (Wildman–Crippen LogP) is 1.16. The van der Waals surface area contributed by atoms with Gasteiger partial charge in [-0.2, -0.15) is 0 Å². The number of fused-ring (bicyclic) bond motifs is 1. The van der Waals surface area contributed by atoms with Gasteiger partial charge in [0.2, 0.25) is 0 Å². The molecule has 0 unspecified atom stereocenters. The van der Waals surface area contributed by atoms with Crippen LogP contribution in [0.1, 0.15) is 5.56 Å². The average molecular weight is 174 g/mol. The molecule has 2 rings (SSSR count). The van der Waals surface area contributed by atoms with Crippen LogP contribution >= 0.6 is 0 Å². The predicted molar refractivity (Wildman–Crippen MR) is 50.3 cm³/mol. The molecule has 0 fully saturated rings. The van der Waals surface area contributed by atoms with Crippen LogP contribution in [-0.4, -0.2) is 21.7 Å². The van der Waals surface area contributed by atoms with Crippen molar-refractivity contribution in [3.8, 4) is 0 Å². The summed E-state index contributed by atoms with van der Waals surface area (Å²) in [6.45, 7) is 0.160. The van der Waals surface area contributed by atoms with E-state index in [4.69, 9.17) is 5.11 Å². The number of nitrogens with zero attached hydrogens (tertiary/aromatic N) is 2. The minimum absolute atomic E-state index is 0.160. The summed E-state index contributed by atoms with van der Waals surface area (Å²) < 4.78 is 0. The fourth-order valence-corrected chi connectivity index (χ4v) is 1.28. The molecule has 0 spiro atoms. The molecule has 0 bridgehead atoms. The first kappa shape index (κ1) is 8.13. The van der Waals surface area contributed by atoms with Crippen molar-refractivity contribution < 1.29 is 5.11 Å². The molecule has 3 nitrogen and oxygen atoms in total. The number of aliphatic hydroxyl groups excluding tert-OH is 1. The molecule has 0 radical (unpaired) electrons. The number of aromatic nitrogens is 2. The third-order valence-corrected chi connectivity index (χ3v) is 1.91. The van der Waals surface area contributed by atoms with Crippen LogP contribution in [0, 0.1) is 0 Å². The number of pyridine rings is 2. The van der Waals surface area contributed by atoms with Crippen molar-refractivity contribution in [1.82, 2.24) is 9.97 Å². The van der Waals surface area contributed by atoms with E-state index in [-0.39, 0.29) is 6.61 Å². The van der Waals surface area contributed by atoms with Gasteiger partial charge < -0.3 is 5.11 Å². The van der Waals surface area contributed by atoms with Crippen molar-refractivity contribution in [3.63, 3.8) is 0 Å². The zero-order valence-corrected chi connectivity index (χ0v) is 7.14. The molecule has 2 aromatic heterocycles. The molecule has 2 heterocycles. The molecule has 2 aromatic rings. The van der Waals surface area contributed by atoms with Crippen molar-refractivity contribution in [2.75, 3.05) is 6.61 Å². The molecule has 0 amide bonds. The van der Waals surface area contributed by atoms with E-state index in [1.807, 2.05) is 18.2 Å². The zero-order valence-electron chi connectivity index (χ0n) is 7.14. The molecule has 0 saturated carbocycles. The molecule has 66 valence electrons. The van der Waals surface area contributed by atoms with Gasteiger partial charge in [0, 0.05) is 24.4 Å². The van der Waals surface area contributed by atoms with E-state index >= 15 is 0 Å². The quantitative estimate of drug-likeness (QED) is 0.743. The van der Waals surface area contributed by atoms with Gasteiger partial charge in [-0.05, 0) is 30.2 Å². The first-order valence-corrected chi connectivity index (χ1v) is 4.20. The van der Waals surface area contributed by atoms with Crippen molar-refractivity contribution >= 4 is 11.0 Å². The molecule has 0 saturated heterocycles. The van der Waals surface area contributed by atoms with Crippen molar-refractivity contribution in [3.05, 3.63) is 36.2 Å². The van der Waals surface area contributed by atoms with Crippen molar-refractivity contribution in [1.29, 1.82) is 0 Å². The van der Waals surface area contributed by atoms with Crippen LogP contribution in [0.15, 0.2) is 30.6 Å². The van der Waals surface area contributed by atoms with Crippen LogP contribution in [0.25, 0.3) is 11.0 Å². The van der Waals surface area contributed by atoms with E-state index in [1.165, 1.54) is 0 Å². The van der Waals surface area contributed by atoms with Crippen LogP contribution in [0.2, 0.25) is 0 Å². The zero-order chi connectivity index (χ0) is 9.10. The number of rotatable bonds is 2. The lowest BCUT2D eigenvalue weighted by Gasteiger charge is -1.99. The average Bonchev–Trinajstić information content (AvgIpc) is 2.18. The lowest BCUT2D eigenvalue weighted by molar-refractivity contribution is 0.299. The minimum Gasteiger partial charge on any atom is -0.396 e. The molecule has 0 aliphatic heterocycles. The molecule has 1 N–H and O–H groups in total. The van der Waals surface area contributed by atoms with Gasteiger partial charge in [0.05, 0.1) is 0 Å². The molecular weight excluding hydrogens is 164 g/mol. The van der Waals surface area contributed by atoms with Crippen LogP contribution < -0.4 is 0 Å². The lowest BCUT2D eigenvalue weighted by atomic mass is 10.2. The maximum atomic E-state index is 8.75. The maximum absolute atomic E-state index is 8.75. The normalized spacial score (nSPS) is 10.5. The Balaban J connectivity index is 2.49. The Labute approximate surface area is 76.1 Å². The van der Waals surface area contributed by atoms with Crippen molar-refractivity contribution in [2.24, 2.45) is 0 Å². The van der Waals surface area contributed by atoms with Gasteiger partial charge in [-0.25, -0.2) is 9.97 Å². The topological polar surface area (TPSA) is 46.0 Å². The van der Waals surface area contributed by atoms with Gasteiger partial charge in [0.25, 0.3) is 0 Å². The summed E-state index contributed by atoms with van der Waals surface area (Å²) in [5, 5.41) is 9.77. The van der Waals surface area contributed by atoms with Gasteiger partial charge in [0.1, 0.15) is 0 Å². The third kappa shape index (κ3) is 1.65. The third-order valence-electron chi connectivity index (χ3n) is 1.91. The highest BCUT2D eigenvalue weighted by molar-refractivity contribution is 5.74. The Morgan fingerprint density at radius 1 is 1.31 bits per heavy atom. The summed E-state index contributed by atoms with van der Waals surface area (Å²) in [6.07, 6.45) is 4.13. The van der Waals surface area contributed by atoms with Gasteiger partial charge in [-0.3, -0.25) is 0 Å². The molecule has 3 heteroatoms. The van der Waals surface area contributed by atoms with Gasteiger partial charge in [-0.15, -0.1) is 0 Å². The van der Waals surface area contributed by atoms with Crippen LogP contribution in [0.5, 0.6) is 0 Å². The Morgan fingerprint density at radius 2 is 2.23 bits per heavy atom. The van der Waals surface area contributed by atoms with E-state index in [1.54, 1.807) is 12.4 Å². The Bertz CT molecular complexity index is 414. The number of aliphatic hydroxyl groups is 1. The fourth-order valence-electron chi connectivity index (χ4n) is 1.28. The maximum Gasteiger partial charge on any atom is 0.159 e. The lowest BCUT2D eigenvalue weighted by Crippen LogP contribution is -1.92. The summed E-state index contributed by atoms with van der Waals surface area (Å²) in [6, 6.07) is 5.86. The van der Waals surface area contributed by atoms with E-state index in [0.29, 0.717) is 6.42 Å². The van der Waals surface area contributed by atoms with E-state index < -0.39 is 0 Å². The number of hydrogen-bond acceptors (Lipinski definition) is 3. The minimum atomic E-state index is 0.160. The molecule has 0 aliphatic rings. The largest absolute Gasteiger partial charge is 0.396 e. The summed E-state index contributed by atoms with van der Waals surface area (Å²) >= 11 is 0. The Hall–Kier alpha value is -1.48. The molecule has 0 aromatic carbocycles. The van der Waals surface area contributed by atoms with Crippen LogP contribution in [0.4, 0.5) is 0 Å². The summed E-state index contributed by atoms with van der Waals surface area (Å²) in [5.74, 6) is 0. The standard InChI is InChI=1S/C10H10N2O/c13-5-3-8-6-9-2-1-4-11-10(9)12-7-8/h1-2,4,6-7,13H,3,5H2. The second kappa shape index (κ2) is 3.49. The second-order valence-electron chi connectivity index (χ2n) is 2.87. The fraction of sp³-hybridized carbons (Fsp3) is 0.200. The van der Waals surface area contributed by atoms with Crippen LogP contribution in [0.3, 0.4) is 0 Å². The highest BCUT2D eigenvalue weighted by atomic mass is 16.2. The summed E-state index contributed by atoms with van der Waals surface area (Å²) in [5.41, 5.74) is 1.80. The Morgan fingerprint density at radius 3 is 3.08 bits per heavy atom. The van der Waals surface area contributed by atoms with E-state index in [2.05, 4.69) is 9.97 Å². The smallest absolute Gasteiger partial charge is 0.159 e. The van der Waals surface area contributed by atoms with Crippen LogP contribution in [-0.2, 0) is 6.42 Å². The molecule has 0 atom stereocenters. The SMILES string of the molecule is OCCc1cnc2ncccc2c1. The van der Waals surface area contributed by atoms with E-state index in [9.17, 15) is 0 Å². The summed E-state index contributed by atoms with van der Waals surface area (Å²) in [4.78, 5) is 8.29. The summed E-state index contributed by atoms with van der Waals surface area (Å²) in [7, 11) is 0. The first-order chi connectivity index (χ1) is 6.40. The molecular formula is C10H10N2O. The van der Waals surface area contributed by atoms with Gasteiger partial charge >= 0.3 is 0 Å². The second-order valence-corrected chi connectivity index (χ2v) is 2.87. The van der Waals surface area contributed by atoms with Crippen molar-refractivity contribution in [2.45, 2.75) is 6.42 Å². The van der Waals surface area contributed by atoms with E-state index in [0.717, 1.165) is 16.6 Å². The first-order valence-electron chi connectivity index (χ1n) is 4.20. The van der Waals surface area contributed by atoms with Gasteiger partial charge in [-0.1, -0.05) is 0 Å². The number of hydrogen-bond donors (Lipinski definition) is 1. The Kier molecular flexibility index (Phi) is 2.19. The highest BCUT2D eigenvalue weighted by Gasteiger charge is 1.96. The molecule has 13 heavy (non-hydrogen) atoms. The highest BCUT2D eigenvalue weighted by Crippen LogP contribution is 2.10. The monoisotopic (exact) mass is 174 g/mol. The molecule has 0 aliphatic carbocycles. The van der Waals surface area contributed by atoms with Gasteiger partial charge in [0.15, 0.2) is 5.65 Å².